The van der Waals surface area contributed by atoms with Crippen LogP contribution < -0.4 is 17.0 Å². The standard InChI is InChI=1S/C22H28N4O7/c1-11(2)9-14(26-18(28)12-7-5-6-8-13(12)19(26)29)21(31)33-10-15(27)16-17(23)24(3)22(32)25(4)20(16)30/h5-6,11-14H,7-10,23H2,1-4H3/t12-,13-,14+/m0/s1. The number of ketones is 1. The average molecular weight is 460 g/mol. The van der Waals surface area contributed by atoms with E-state index in [1.165, 1.54) is 14.1 Å². The molecule has 2 amide bonds. The van der Waals surface area contributed by atoms with Crippen LogP contribution in [0, 0.1) is 17.8 Å². The number of carbonyl (C=O) groups is 4. The largest absolute Gasteiger partial charge is 0.456 e. The Bertz CT molecular complexity index is 1130. The lowest BCUT2D eigenvalue weighted by atomic mass is 9.85. The van der Waals surface area contributed by atoms with Crippen molar-refractivity contribution in [1.82, 2.24) is 14.0 Å². The normalized spacial score (nSPS) is 20.8. The molecule has 178 valence electrons. The van der Waals surface area contributed by atoms with Gasteiger partial charge in [-0.2, -0.15) is 0 Å². The molecule has 11 heteroatoms. The van der Waals surface area contributed by atoms with Crippen LogP contribution in [0.1, 0.15) is 43.5 Å². The van der Waals surface area contributed by atoms with Gasteiger partial charge < -0.3 is 10.5 Å². The SMILES string of the molecule is CC(C)C[C@H](C(=O)OCC(=O)c1c(N)n(C)c(=O)n(C)c1=O)N1C(=O)[C@H]2CC=CC[C@@H]2C1=O. The van der Waals surface area contributed by atoms with Crippen molar-refractivity contribution < 1.29 is 23.9 Å². The van der Waals surface area contributed by atoms with Crippen molar-refractivity contribution in [2.45, 2.75) is 39.2 Å². The third-order valence-corrected chi connectivity index (χ3v) is 6.15. The zero-order valence-corrected chi connectivity index (χ0v) is 19.1. The molecule has 11 nitrogen and oxygen atoms in total. The molecule has 1 fully saturated rings. The molecule has 1 saturated heterocycles. The summed E-state index contributed by atoms with van der Waals surface area (Å²) in [4.78, 5) is 76.8. The third-order valence-electron chi connectivity index (χ3n) is 6.15. The van der Waals surface area contributed by atoms with Crippen molar-refractivity contribution in [1.29, 1.82) is 0 Å². The summed E-state index contributed by atoms with van der Waals surface area (Å²) in [6.07, 6.45) is 4.73. The number of nitrogens with two attached hydrogens (primary N) is 1. The van der Waals surface area contributed by atoms with Crippen molar-refractivity contribution in [3.63, 3.8) is 0 Å². The van der Waals surface area contributed by atoms with Gasteiger partial charge in [-0.1, -0.05) is 26.0 Å². The van der Waals surface area contributed by atoms with Gasteiger partial charge in [-0.25, -0.2) is 9.59 Å². The number of anilines is 1. The van der Waals surface area contributed by atoms with Crippen molar-refractivity contribution >= 4 is 29.4 Å². The van der Waals surface area contributed by atoms with Gasteiger partial charge in [-0.15, -0.1) is 0 Å². The first-order valence-corrected chi connectivity index (χ1v) is 10.7. The van der Waals surface area contributed by atoms with Gasteiger partial charge in [0.15, 0.2) is 6.61 Å². The Morgan fingerprint density at radius 3 is 2.09 bits per heavy atom. The van der Waals surface area contributed by atoms with E-state index in [-0.39, 0.29) is 18.2 Å². The lowest BCUT2D eigenvalue weighted by Gasteiger charge is -2.26. The fourth-order valence-corrected chi connectivity index (χ4v) is 4.31. The van der Waals surface area contributed by atoms with Crippen LogP contribution in [-0.4, -0.2) is 50.2 Å². The number of nitrogen functional groups attached to an aromatic ring is 1. The maximum atomic E-state index is 13.0. The predicted octanol–water partition coefficient (Wildman–Crippen LogP) is -0.242. The summed E-state index contributed by atoms with van der Waals surface area (Å²) in [7, 11) is 2.50. The minimum atomic E-state index is -1.18. The van der Waals surface area contributed by atoms with E-state index in [0.29, 0.717) is 12.8 Å². The highest BCUT2D eigenvalue weighted by Crippen LogP contribution is 2.37. The molecule has 33 heavy (non-hydrogen) atoms. The molecule has 3 rings (SSSR count). The highest BCUT2D eigenvalue weighted by atomic mass is 16.5. The van der Waals surface area contributed by atoms with Gasteiger partial charge in [0.05, 0.1) is 11.8 Å². The molecule has 0 aromatic carbocycles. The van der Waals surface area contributed by atoms with Crippen LogP contribution >= 0.6 is 0 Å². The number of rotatable bonds is 7. The maximum Gasteiger partial charge on any atom is 0.332 e. The Morgan fingerprint density at radius 2 is 1.58 bits per heavy atom. The highest BCUT2D eigenvalue weighted by molar-refractivity contribution is 6.08. The van der Waals surface area contributed by atoms with E-state index in [2.05, 4.69) is 0 Å². The molecule has 1 aromatic rings. The molecule has 0 spiro atoms. The van der Waals surface area contributed by atoms with Crippen molar-refractivity contribution in [2.75, 3.05) is 12.3 Å². The summed E-state index contributed by atoms with van der Waals surface area (Å²) in [5.41, 5.74) is 3.69. The molecule has 2 aliphatic rings. The molecule has 0 bridgehead atoms. The molecule has 2 N–H and O–H groups in total. The Labute approximate surface area is 189 Å². The van der Waals surface area contributed by atoms with Gasteiger partial charge in [-0.05, 0) is 25.2 Å². The molecule has 1 aliphatic heterocycles. The molecule has 0 saturated carbocycles. The van der Waals surface area contributed by atoms with E-state index in [1.807, 2.05) is 26.0 Å². The van der Waals surface area contributed by atoms with Gasteiger partial charge in [0.2, 0.25) is 17.6 Å². The molecule has 1 aromatic heterocycles. The molecule has 3 atom stereocenters. The monoisotopic (exact) mass is 460 g/mol. The van der Waals surface area contributed by atoms with Crippen LogP contribution in [0.5, 0.6) is 0 Å². The van der Waals surface area contributed by atoms with Crippen molar-refractivity contribution in [3.05, 3.63) is 38.6 Å². The van der Waals surface area contributed by atoms with Crippen LogP contribution in [0.3, 0.4) is 0 Å². The number of amides is 2. The summed E-state index contributed by atoms with van der Waals surface area (Å²) in [5.74, 6) is -4.03. The number of likely N-dealkylation sites (tertiary alicyclic amines) is 1. The van der Waals surface area contributed by atoms with Crippen LogP contribution in [0.25, 0.3) is 0 Å². The summed E-state index contributed by atoms with van der Waals surface area (Å²) in [6.45, 7) is 2.84. The van der Waals surface area contributed by atoms with E-state index in [9.17, 15) is 28.8 Å². The Hall–Kier alpha value is -3.50. The lowest BCUT2D eigenvalue weighted by Crippen LogP contribution is -2.47. The van der Waals surface area contributed by atoms with Crippen LogP contribution in [0.4, 0.5) is 5.82 Å². The summed E-state index contributed by atoms with van der Waals surface area (Å²) < 4.78 is 6.83. The number of fused-ring (bicyclic) bond motifs is 1. The summed E-state index contributed by atoms with van der Waals surface area (Å²) in [6, 6.07) is -1.18. The average Bonchev–Trinajstić information content (AvgIpc) is 3.03. The van der Waals surface area contributed by atoms with Gasteiger partial charge in [0, 0.05) is 14.1 Å². The molecule has 0 unspecified atom stereocenters. The highest BCUT2D eigenvalue weighted by Gasteiger charge is 2.51. The molecule has 0 radical (unpaired) electrons. The topological polar surface area (TPSA) is 151 Å². The Morgan fingerprint density at radius 1 is 1.03 bits per heavy atom. The Kier molecular flexibility index (Phi) is 6.71. The molecular formula is C22H28N4O7. The first-order chi connectivity index (χ1) is 15.5. The molecule has 1 aliphatic carbocycles. The first kappa shape index (κ1) is 24.1. The number of Topliss-reactive ketones (excluding diaryl/α,β-unsaturated/α-hetero) is 1. The maximum absolute atomic E-state index is 13.0. The zero-order valence-electron chi connectivity index (χ0n) is 19.1. The fourth-order valence-electron chi connectivity index (χ4n) is 4.31. The minimum Gasteiger partial charge on any atom is -0.456 e. The zero-order chi connectivity index (χ0) is 24.6. The second kappa shape index (κ2) is 9.16. The second-order valence-electron chi connectivity index (χ2n) is 8.84. The number of esters is 1. The van der Waals surface area contributed by atoms with Gasteiger partial charge in [0.25, 0.3) is 5.56 Å². The lowest BCUT2D eigenvalue weighted by molar-refractivity contribution is -0.158. The number of imide groups is 1. The number of ether oxygens (including phenoxy) is 1. The summed E-state index contributed by atoms with van der Waals surface area (Å²) >= 11 is 0. The molecule has 2 heterocycles. The summed E-state index contributed by atoms with van der Waals surface area (Å²) in [5, 5.41) is 0. The number of hydrogen-bond donors (Lipinski definition) is 1. The second-order valence-corrected chi connectivity index (χ2v) is 8.84. The van der Waals surface area contributed by atoms with E-state index < -0.39 is 64.9 Å². The van der Waals surface area contributed by atoms with Gasteiger partial charge >= 0.3 is 11.7 Å². The molecular weight excluding hydrogens is 432 g/mol. The number of carbonyl (C=O) groups excluding carboxylic acids is 4. The Balaban J connectivity index is 1.82. The third kappa shape index (κ3) is 4.27. The van der Waals surface area contributed by atoms with Crippen LogP contribution in [-0.2, 0) is 33.2 Å². The minimum absolute atomic E-state index is 0.0498. The first-order valence-electron chi connectivity index (χ1n) is 10.7. The van der Waals surface area contributed by atoms with Crippen molar-refractivity contribution in [3.8, 4) is 0 Å². The van der Waals surface area contributed by atoms with Crippen LogP contribution in [0.2, 0.25) is 0 Å². The van der Waals surface area contributed by atoms with Gasteiger partial charge in [-0.3, -0.25) is 33.2 Å². The van der Waals surface area contributed by atoms with Crippen LogP contribution in [0.15, 0.2) is 21.7 Å². The number of aromatic nitrogens is 2. The van der Waals surface area contributed by atoms with E-state index in [0.717, 1.165) is 14.0 Å². The van der Waals surface area contributed by atoms with E-state index in [1.54, 1.807) is 0 Å². The fraction of sp³-hybridized carbons (Fsp3) is 0.545. The number of hydrogen-bond acceptors (Lipinski definition) is 8. The van der Waals surface area contributed by atoms with Crippen molar-refractivity contribution in [2.24, 2.45) is 31.8 Å². The number of allylic oxidation sites excluding steroid dienone is 2. The van der Waals surface area contributed by atoms with Gasteiger partial charge in [0.1, 0.15) is 17.4 Å². The smallest absolute Gasteiger partial charge is 0.332 e. The van der Waals surface area contributed by atoms with E-state index >= 15 is 0 Å². The van der Waals surface area contributed by atoms with E-state index in [4.69, 9.17) is 10.5 Å². The quantitative estimate of drug-likeness (QED) is 0.253. The number of nitrogens with zero attached hydrogens (tertiary/aromatic N) is 3. The predicted molar refractivity (Wildman–Crippen MR) is 117 cm³/mol.